The van der Waals surface area contributed by atoms with E-state index in [0.717, 1.165) is 25.2 Å². The van der Waals surface area contributed by atoms with Gasteiger partial charge in [-0.05, 0) is 12.5 Å². The van der Waals surface area contributed by atoms with Crippen molar-refractivity contribution in [3.05, 3.63) is 48.0 Å². The fraction of sp³-hybridized carbons (Fsp3) is 0.429. The highest BCUT2D eigenvalue weighted by Crippen LogP contribution is 2.32. The van der Waals surface area contributed by atoms with Gasteiger partial charge in [0.1, 0.15) is 0 Å². The minimum Gasteiger partial charge on any atom is -0.381 e. The second-order valence-corrected chi connectivity index (χ2v) is 4.45. The van der Waals surface area contributed by atoms with Crippen LogP contribution < -0.4 is 0 Å². The fourth-order valence-electron chi connectivity index (χ4n) is 1.91. The third-order valence-electron chi connectivity index (χ3n) is 3.06. The molecule has 3 heteroatoms. The van der Waals surface area contributed by atoms with Crippen LogP contribution in [-0.2, 0) is 14.2 Å². The van der Waals surface area contributed by atoms with Crippen LogP contribution in [0.25, 0.3) is 0 Å². The van der Waals surface area contributed by atoms with E-state index in [9.17, 15) is 0 Å². The smallest absolute Gasteiger partial charge is 0.190 e. The first-order chi connectivity index (χ1) is 8.42. The Morgan fingerprint density at radius 1 is 1.12 bits per heavy atom. The lowest BCUT2D eigenvalue weighted by Gasteiger charge is -2.34. The summed E-state index contributed by atoms with van der Waals surface area (Å²) < 4.78 is 16.3. The summed E-state index contributed by atoms with van der Waals surface area (Å²) in [6, 6.07) is 9.98. The third-order valence-corrected chi connectivity index (χ3v) is 3.06. The number of benzene rings is 1. The van der Waals surface area contributed by atoms with Gasteiger partial charge in [-0.1, -0.05) is 36.4 Å². The number of allylic oxidation sites excluding steroid dienone is 1. The average Bonchev–Trinajstić information content (AvgIpc) is 2.25. The maximum atomic E-state index is 5.62. The van der Waals surface area contributed by atoms with Crippen molar-refractivity contribution in [1.82, 2.24) is 0 Å². The molecule has 0 aromatic heterocycles. The van der Waals surface area contributed by atoms with Crippen LogP contribution in [0.2, 0.25) is 0 Å². The molecule has 2 saturated heterocycles. The molecule has 0 aliphatic carbocycles. The minimum absolute atomic E-state index is 0.179. The Labute approximate surface area is 101 Å². The van der Waals surface area contributed by atoms with Gasteiger partial charge in [0.2, 0.25) is 0 Å². The molecule has 0 atom stereocenters. The van der Waals surface area contributed by atoms with Crippen LogP contribution in [0, 0.1) is 5.92 Å². The van der Waals surface area contributed by atoms with Crippen LogP contribution >= 0.6 is 0 Å². The van der Waals surface area contributed by atoms with Crippen molar-refractivity contribution >= 4 is 0 Å². The molecule has 1 aromatic carbocycles. The normalized spacial score (nSPS) is 28.9. The fourth-order valence-corrected chi connectivity index (χ4v) is 1.91. The zero-order chi connectivity index (χ0) is 11.5. The molecular weight excluding hydrogens is 216 g/mol. The van der Waals surface area contributed by atoms with Crippen molar-refractivity contribution in [2.24, 2.45) is 5.92 Å². The van der Waals surface area contributed by atoms with E-state index < -0.39 is 0 Å². The lowest BCUT2D eigenvalue weighted by Crippen LogP contribution is -2.33. The number of rotatable bonds is 4. The molecule has 2 heterocycles. The highest BCUT2D eigenvalue weighted by atomic mass is 16.9. The summed E-state index contributed by atoms with van der Waals surface area (Å²) in [6.45, 7) is 1.78. The summed E-state index contributed by atoms with van der Waals surface area (Å²) in [5, 5.41) is 0. The van der Waals surface area contributed by atoms with Crippen molar-refractivity contribution in [1.29, 1.82) is 0 Å². The molecule has 0 amide bonds. The summed E-state index contributed by atoms with van der Waals surface area (Å²) >= 11 is 0. The monoisotopic (exact) mass is 232 g/mol. The summed E-state index contributed by atoms with van der Waals surface area (Å²) in [5.74, 6) is 0.691. The Morgan fingerprint density at radius 2 is 1.88 bits per heavy atom. The third kappa shape index (κ3) is 2.57. The van der Waals surface area contributed by atoms with Gasteiger partial charge in [-0.15, -0.1) is 0 Å². The summed E-state index contributed by atoms with van der Waals surface area (Å²) in [5.41, 5.74) is 1.07. The molecule has 0 saturated carbocycles. The summed E-state index contributed by atoms with van der Waals surface area (Å²) in [7, 11) is 0. The zero-order valence-electron chi connectivity index (χ0n) is 9.62. The highest BCUT2D eigenvalue weighted by molar-refractivity contribution is 5.17. The molecule has 3 rings (SSSR count). The van der Waals surface area contributed by atoms with Crippen molar-refractivity contribution in [2.45, 2.75) is 19.0 Å². The van der Waals surface area contributed by atoms with Crippen molar-refractivity contribution in [2.75, 3.05) is 13.2 Å². The van der Waals surface area contributed by atoms with E-state index in [1.54, 1.807) is 0 Å². The molecule has 0 bridgehead atoms. The largest absolute Gasteiger partial charge is 0.381 e. The van der Waals surface area contributed by atoms with Crippen molar-refractivity contribution in [3.63, 3.8) is 0 Å². The van der Waals surface area contributed by atoms with Crippen LogP contribution in [-0.4, -0.2) is 19.5 Å². The van der Waals surface area contributed by atoms with E-state index in [1.165, 1.54) is 0 Å². The van der Waals surface area contributed by atoms with E-state index in [4.69, 9.17) is 14.2 Å². The SMILES string of the molecule is C(=C\C1OC(c2ccccc2)O1)/CC1COC1. The molecule has 17 heavy (non-hydrogen) atoms. The standard InChI is InChI=1S/C14H16O3/c1-2-6-12(7-3-1)14-16-13(17-14)8-4-5-11-9-15-10-11/h1-4,6-8,11,13-14H,5,9-10H2/b8-4+. The molecule has 1 aromatic rings. The quantitative estimate of drug-likeness (QED) is 0.747. The summed E-state index contributed by atoms with van der Waals surface area (Å²) in [6.07, 6.45) is 4.79. The number of hydrogen-bond acceptors (Lipinski definition) is 3. The zero-order valence-corrected chi connectivity index (χ0v) is 9.62. The van der Waals surface area contributed by atoms with Crippen LogP contribution in [0.4, 0.5) is 0 Å². The van der Waals surface area contributed by atoms with E-state index in [0.29, 0.717) is 5.92 Å². The molecular formula is C14H16O3. The van der Waals surface area contributed by atoms with Gasteiger partial charge in [0.25, 0.3) is 0 Å². The van der Waals surface area contributed by atoms with Gasteiger partial charge in [-0.2, -0.15) is 0 Å². The Morgan fingerprint density at radius 3 is 2.53 bits per heavy atom. The van der Waals surface area contributed by atoms with E-state index >= 15 is 0 Å². The molecule has 0 spiro atoms. The minimum atomic E-state index is -0.196. The van der Waals surface area contributed by atoms with Gasteiger partial charge in [0.15, 0.2) is 12.6 Å². The van der Waals surface area contributed by atoms with Crippen LogP contribution in [0.3, 0.4) is 0 Å². The first-order valence-corrected chi connectivity index (χ1v) is 6.02. The second kappa shape index (κ2) is 5.00. The Hall–Kier alpha value is -1.16. The Kier molecular flexibility index (Phi) is 3.22. The van der Waals surface area contributed by atoms with Gasteiger partial charge in [-0.3, -0.25) is 0 Å². The molecule has 0 radical (unpaired) electrons. The van der Waals surface area contributed by atoms with Gasteiger partial charge >= 0.3 is 0 Å². The topological polar surface area (TPSA) is 27.7 Å². The van der Waals surface area contributed by atoms with Crippen LogP contribution in [0.15, 0.2) is 42.5 Å². The molecule has 0 N–H and O–H groups in total. The average molecular weight is 232 g/mol. The van der Waals surface area contributed by atoms with E-state index in [-0.39, 0.29) is 12.6 Å². The number of ether oxygens (including phenoxy) is 3. The second-order valence-electron chi connectivity index (χ2n) is 4.45. The lowest BCUT2D eigenvalue weighted by atomic mass is 10.0. The first-order valence-electron chi connectivity index (χ1n) is 6.02. The molecule has 3 nitrogen and oxygen atoms in total. The van der Waals surface area contributed by atoms with E-state index in [2.05, 4.69) is 6.08 Å². The van der Waals surface area contributed by atoms with Gasteiger partial charge in [0.05, 0.1) is 13.2 Å². The Bertz CT molecular complexity index is 378. The van der Waals surface area contributed by atoms with Crippen LogP contribution in [0.1, 0.15) is 18.3 Å². The molecule has 2 aliphatic heterocycles. The van der Waals surface area contributed by atoms with Crippen molar-refractivity contribution in [3.8, 4) is 0 Å². The Balaban J connectivity index is 1.42. The lowest BCUT2D eigenvalue weighted by molar-refractivity contribution is -0.369. The summed E-state index contributed by atoms with van der Waals surface area (Å²) in [4.78, 5) is 0. The predicted molar refractivity (Wildman–Crippen MR) is 63.2 cm³/mol. The van der Waals surface area contributed by atoms with Gasteiger partial charge < -0.3 is 14.2 Å². The molecule has 0 unspecified atom stereocenters. The predicted octanol–water partition coefficient (Wildman–Crippen LogP) is 2.65. The maximum Gasteiger partial charge on any atom is 0.190 e. The first kappa shape index (κ1) is 11.0. The van der Waals surface area contributed by atoms with Gasteiger partial charge in [0, 0.05) is 11.5 Å². The molecule has 2 fully saturated rings. The maximum absolute atomic E-state index is 5.62. The van der Waals surface area contributed by atoms with Crippen molar-refractivity contribution < 1.29 is 14.2 Å². The number of hydrogen-bond donors (Lipinski definition) is 0. The molecule has 90 valence electrons. The van der Waals surface area contributed by atoms with E-state index in [1.807, 2.05) is 36.4 Å². The van der Waals surface area contributed by atoms with Gasteiger partial charge in [-0.25, -0.2) is 0 Å². The molecule has 2 aliphatic rings. The highest BCUT2D eigenvalue weighted by Gasteiger charge is 2.29. The van der Waals surface area contributed by atoms with Crippen LogP contribution in [0.5, 0.6) is 0 Å².